The molecule has 7 nitrogen and oxygen atoms in total. The summed E-state index contributed by atoms with van der Waals surface area (Å²) in [6.45, 7) is 0.167. The van der Waals surface area contributed by atoms with Gasteiger partial charge in [0.05, 0.1) is 6.54 Å². The third kappa shape index (κ3) is 5.59. The highest BCUT2D eigenvalue weighted by atomic mass is 19.1. The molecule has 0 spiro atoms. The molecule has 0 radical (unpaired) electrons. The van der Waals surface area contributed by atoms with Gasteiger partial charge in [0.15, 0.2) is 0 Å². The minimum atomic E-state index is -0.521. The minimum Gasteiger partial charge on any atom is -0.494 e. The fraction of sp³-hybridized carbons (Fsp3) is 0.433. The Morgan fingerprint density at radius 3 is 2.03 bits per heavy atom. The molecule has 2 N–H and O–H groups in total. The molecule has 2 saturated carbocycles. The normalized spacial score (nSPS) is 17.4. The average Bonchev–Trinajstić information content (AvgIpc) is 2.94. The van der Waals surface area contributed by atoms with Crippen LogP contribution in [0.2, 0.25) is 0 Å². The zero-order valence-corrected chi connectivity index (χ0v) is 21.6. The minimum absolute atomic E-state index is 0.00621. The van der Waals surface area contributed by atoms with Gasteiger partial charge in [-0.25, -0.2) is 9.18 Å². The number of benzene rings is 2. The van der Waals surface area contributed by atoms with Gasteiger partial charge in [-0.15, -0.1) is 0 Å². The second kappa shape index (κ2) is 11.8. The summed E-state index contributed by atoms with van der Waals surface area (Å²) < 4.78 is 16.3. The van der Waals surface area contributed by atoms with Crippen LogP contribution in [-0.2, 0) is 6.54 Å². The smallest absolute Gasteiger partial charge is 0.334 e. The van der Waals surface area contributed by atoms with Crippen LogP contribution in [0.15, 0.2) is 69.2 Å². The second-order valence-corrected chi connectivity index (χ2v) is 10.4. The molecule has 2 fully saturated rings. The summed E-state index contributed by atoms with van der Waals surface area (Å²) in [7, 11) is 0. The lowest BCUT2D eigenvalue weighted by Gasteiger charge is -2.29. The lowest BCUT2D eigenvalue weighted by molar-refractivity contribution is 0.271. The van der Waals surface area contributed by atoms with Gasteiger partial charge in [-0.05, 0) is 55.5 Å². The maximum Gasteiger partial charge on any atom is 0.334 e. The molecule has 2 aliphatic carbocycles. The molecule has 3 aromatic rings. The van der Waals surface area contributed by atoms with Crippen LogP contribution >= 0.6 is 0 Å². The number of anilines is 1. The van der Waals surface area contributed by atoms with E-state index in [1.54, 1.807) is 12.1 Å². The van der Waals surface area contributed by atoms with Crippen LogP contribution < -0.4 is 16.6 Å². The number of amidine groups is 1. The number of hydrogen-bond acceptors (Lipinski definition) is 4. The van der Waals surface area contributed by atoms with E-state index in [0.29, 0.717) is 5.69 Å². The van der Waals surface area contributed by atoms with Crippen LogP contribution in [0.3, 0.4) is 0 Å². The number of nitrogens with one attached hydrogen (secondary N) is 1. The first-order valence-corrected chi connectivity index (χ1v) is 13.7. The zero-order chi connectivity index (χ0) is 26.5. The van der Waals surface area contributed by atoms with E-state index < -0.39 is 11.2 Å². The van der Waals surface area contributed by atoms with Crippen molar-refractivity contribution in [3.63, 3.8) is 0 Å². The predicted molar refractivity (Wildman–Crippen MR) is 148 cm³/mol. The fourth-order valence-electron chi connectivity index (χ4n) is 5.77. The number of aromatic hydroxyl groups is 1. The van der Waals surface area contributed by atoms with E-state index in [2.05, 4.69) is 5.32 Å². The topological polar surface area (TPSA) is 88.6 Å². The maximum absolute atomic E-state index is 14.1. The molecule has 2 aromatic carbocycles. The van der Waals surface area contributed by atoms with Gasteiger partial charge in [0, 0.05) is 17.8 Å². The lowest BCUT2D eigenvalue weighted by Crippen LogP contribution is -2.47. The quantitative estimate of drug-likeness (QED) is 0.313. The van der Waals surface area contributed by atoms with Gasteiger partial charge in [0.1, 0.15) is 17.2 Å². The zero-order valence-electron chi connectivity index (χ0n) is 21.6. The summed E-state index contributed by atoms with van der Waals surface area (Å²) in [4.78, 5) is 32.6. The van der Waals surface area contributed by atoms with Crippen LogP contribution in [0.1, 0.15) is 87.4 Å². The van der Waals surface area contributed by atoms with E-state index >= 15 is 0 Å². The molecule has 2 aliphatic rings. The van der Waals surface area contributed by atoms with Crippen molar-refractivity contribution in [1.82, 2.24) is 9.13 Å². The van der Waals surface area contributed by atoms with Gasteiger partial charge in [0.25, 0.3) is 5.56 Å². The molecular formula is C30H35FN4O3. The summed E-state index contributed by atoms with van der Waals surface area (Å²) in [6, 6.07) is 15.0. The van der Waals surface area contributed by atoms with Gasteiger partial charge in [-0.2, -0.15) is 0 Å². The Kier molecular flexibility index (Phi) is 8.05. The van der Waals surface area contributed by atoms with Crippen molar-refractivity contribution in [3.05, 3.63) is 92.4 Å². The molecule has 0 unspecified atom stereocenters. The van der Waals surface area contributed by atoms with Crippen molar-refractivity contribution >= 4 is 11.5 Å². The van der Waals surface area contributed by atoms with Gasteiger partial charge in [-0.1, -0.05) is 68.9 Å². The number of para-hydroxylation sites is 1. The van der Waals surface area contributed by atoms with Gasteiger partial charge >= 0.3 is 5.69 Å². The number of hydrogen-bond donors (Lipinski definition) is 2. The Morgan fingerprint density at radius 2 is 1.42 bits per heavy atom. The summed E-state index contributed by atoms with van der Waals surface area (Å²) in [5.74, 6) is -0.481. The number of nitrogens with zero attached hydrogens (tertiary/aromatic N) is 3. The van der Waals surface area contributed by atoms with E-state index in [9.17, 15) is 19.1 Å². The molecule has 0 aliphatic heterocycles. The summed E-state index contributed by atoms with van der Waals surface area (Å²) in [6.07, 6.45) is 9.15. The van der Waals surface area contributed by atoms with Crippen molar-refractivity contribution in [2.75, 3.05) is 5.32 Å². The SMILES string of the molecule is O=c1c(C(=NCc2ccc(F)cc2)Nc2ccccc2)c(O)n(C2CCCCC2)c(=O)n1C1CCCCC1. The van der Waals surface area contributed by atoms with Crippen molar-refractivity contribution in [1.29, 1.82) is 0 Å². The van der Waals surface area contributed by atoms with Crippen LogP contribution in [0.25, 0.3) is 0 Å². The Labute approximate surface area is 221 Å². The van der Waals surface area contributed by atoms with E-state index in [0.717, 1.165) is 69.8 Å². The van der Waals surface area contributed by atoms with Crippen molar-refractivity contribution in [2.45, 2.75) is 82.8 Å². The second-order valence-electron chi connectivity index (χ2n) is 10.4. The molecule has 0 amide bonds. The van der Waals surface area contributed by atoms with Crippen molar-refractivity contribution < 1.29 is 9.50 Å². The van der Waals surface area contributed by atoms with E-state index in [1.807, 2.05) is 30.3 Å². The molecule has 5 rings (SSSR count). The first kappa shape index (κ1) is 25.9. The highest BCUT2D eigenvalue weighted by Gasteiger charge is 2.31. The monoisotopic (exact) mass is 518 g/mol. The van der Waals surface area contributed by atoms with Gasteiger partial charge < -0.3 is 10.4 Å². The highest BCUT2D eigenvalue weighted by molar-refractivity contribution is 6.09. The maximum atomic E-state index is 14.1. The molecular weight excluding hydrogens is 483 g/mol. The first-order valence-electron chi connectivity index (χ1n) is 13.7. The number of halogens is 1. The molecule has 8 heteroatoms. The number of aromatic nitrogens is 2. The first-order chi connectivity index (χ1) is 18.5. The Bertz CT molecular complexity index is 1380. The summed E-state index contributed by atoms with van der Waals surface area (Å²) in [5, 5.41) is 14.8. The van der Waals surface area contributed by atoms with Crippen LogP contribution in [0, 0.1) is 5.82 Å². The van der Waals surface area contributed by atoms with Crippen LogP contribution in [0.5, 0.6) is 5.88 Å². The van der Waals surface area contributed by atoms with Gasteiger partial charge in [-0.3, -0.25) is 18.9 Å². The standard InChI is InChI=1S/C30H35FN4O3/c31-22-18-16-21(17-19-22)20-32-27(33-23-10-4-1-5-11-23)26-28(36)34(24-12-6-2-7-13-24)30(38)35(29(26)37)25-14-8-3-9-15-25/h1,4-5,10-11,16-19,24-25,36H,2-3,6-9,12-15,20H2,(H,32,33). The van der Waals surface area contributed by atoms with E-state index in [-0.39, 0.29) is 41.7 Å². The van der Waals surface area contributed by atoms with E-state index in [4.69, 9.17) is 4.99 Å². The molecule has 1 aromatic heterocycles. The highest BCUT2D eigenvalue weighted by Crippen LogP contribution is 2.32. The van der Waals surface area contributed by atoms with Crippen LogP contribution in [0.4, 0.5) is 10.1 Å². The predicted octanol–water partition coefficient (Wildman–Crippen LogP) is 5.92. The molecule has 200 valence electrons. The summed E-state index contributed by atoms with van der Waals surface area (Å²) >= 11 is 0. The number of aliphatic imine (C=N–C) groups is 1. The van der Waals surface area contributed by atoms with Crippen molar-refractivity contribution in [3.8, 4) is 5.88 Å². The van der Waals surface area contributed by atoms with Gasteiger partial charge in [0.2, 0.25) is 5.88 Å². The molecule has 0 saturated heterocycles. The third-order valence-corrected chi connectivity index (χ3v) is 7.78. The summed E-state index contributed by atoms with van der Waals surface area (Å²) in [5.41, 5.74) is 0.516. The van der Waals surface area contributed by atoms with Crippen LogP contribution in [-0.4, -0.2) is 20.1 Å². The van der Waals surface area contributed by atoms with Crippen molar-refractivity contribution in [2.24, 2.45) is 4.99 Å². The molecule has 38 heavy (non-hydrogen) atoms. The Balaban J connectivity index is 1.68. The molecule has 0 bridgehead atoms. The average molecular weight is 519 g/mol. The fourth-order valence-corrected chi connectivity index (χ4v) is 5.77. The largest absolute Gasteiger partial charge is 0.494 e. The number of rotatable bonds is 6. The Morgan fingerprint density at radius 1 is 0.842 bits per heavy atom. The lowest BCUT2D eigenvalue weighted by atomic mass is 9.94. The Hall–Kier alpha value is -3.68. The molecule has 0 atom stereocenters. The third-order valence-electron chi connectivity index (χ3n) is 7.78. The van der Waals surface area contributed by atoms with E-state index in [1.165, 1.54) is 21.3 Å². The molecule has 1 heterocycles.